The van der Waals surface area contributed by atoms with Crippen LogP contribution in [0.3, 0.4) is 0 Å². The van der Waals surface area contributed by atoms with Gasteiger partial charge in [-0.05, 0) is 11.6 Å². The van der Waals surface area contributed by atoms with Crippen molar-refractivity contribution in [2.24, 2.45) is 5.92 Å². The average Bonchev–Trinajstić information content (AvgIpc) is 2.80. The molecule has 3 amide bonds. The Morgan fingerprint density at radius 2 is 1.73 bits per heavy atom. The molecule has 3 rings (SSSR count). The monoisotopic (exact) mass is 298 g/mol. The molecule has 2 heterocycles. The lowest BCUT2D eigenvalue weighted by Gasteiger charge is -2.40. The molecule has 1 aromatic carbocycles. The third-order valence-electron chi connectivity index (χ3n) is 4.08. The zero-order chi connectivity index (χ0) is 15.5. The first-order chi connectivity index (χ1) is 10.6. The van der Waals surface area contributed by atoms with Crippen LogP contribution in [0.5, 0.6) is 0 Å². The predicted molar refractivity (Wildman–Crippen MR) is 81.5 cm³/mol. The molecular weight excluding hydrogens is 280 g/mol. The van der Waals surface area contributed by atoms with Crippen molar-refractivity contribution in [3.63, 3.8) is 0 Å². The molecule has 114 valence electrons. The van der Waals surface area contributed by atoms with Crippen molar-refractivity contribution in [2.45, 2.75) is 12.8 Å². The molecule has 0 aliphatic carbocycles. The fourth-order valence-electron chi connectivity index (χ4n) is 2.79. The summed E-state index contributed by atoms with van der Waals surface area (Å²) in [4.78, 5) is 38.2. The number of amides is 3. The van der Waals surface area contributed by atoms with Crippen LogP contribution in [-0.2, 0) is 14.4 Å². The lowest BCUT2D eigenvalue weighted by molar-refractivity contribution is -0.141. The number of benzene rings is 1. The maximum atomic E-state index is 12.0. The zero-order valence-corrected chi connectivity index (χ0v) is 12.3. The van der Waals surface area contributed by atoms with Gasteiger partial charge in [-0.15, -0.1) is 0 Å². The van der Waals surface area contributed by atoms with E-state index in [9.17, 15) is 14.4 Å². The Bertz CT molecular complexity index is 602. The van der Waals surface area contributed by atoms with E-state index in [1.807, 2.05) is 30.3 Å². The normalized spacial score (nSPS) is 19.1. The van der Waals surface area contributed by atoms with Crippen LogP contribution in [-0.4, -0.2) is 47.2 Å². The average molecular weight is 298 g/mol. The van der Waals surface area contributed by atoms with Crippen molar-refractivity contribution in [1.29, 1.82) is 0 Å². The molecule has 22 heavy (non-hydrogen) atoms. The van der Waals surface area contributed by atoms with Gasteiger partial charge in [0.1, 0.15) is 0 Å². The van der Waals surface area contributed by atoms with Gasteiger partial charge in [0.25, 0.3) is 0 Å². The van der Waals surface area contributed by atoms with Gasteiger partial charge in [-0.25, -0.2) is 0 Å². The van der Waals surface area contributed by atoms with Gasteiger partial charge in [0.15, 0.2) is 0 Å². The summed E-state index contributed by atoms with van der Waals surface area (Å²) in [6.07, 6.45) is 4.02. The van der Waals surface area contributed by atoms with Gasteiger partial charge >= 0.3 is 0 Å². The number of carbonyl (C=O) groups is 3. The standard InChI is InChI=1S/C17H18N2O3/c20-15(7-6-13-4-2-1-3-5-13)18-10-14(11-18)12-19-16(21)8-9-17(19)22/h1-7,14H,8-12H2. The van der Waals surface area contributed by atoms with Gasteiger partial charge in [-0.1, -0.05) is 30.3 Å². The Morgan fingerprint density at radius 3 is 2.36 bits per heavy atom. The summed E-state index contributed by atoms with van der Waals surface area (Å²) in [7, 11) is 0. The molecule has 0 saturated carbocycles. The van der Waals surface area contributed by atoms with Gasteiger partial charge in [0.05, 0.1) is 0 Å². The number of hydrogen-bond donors (Lipinski definition) is 0. The fraction of sp³-hybridized carbons (Fsp3) is 0.353. The molecule has 0 spiro atoms. The third-order valence-corrected chi connectivity index (χ3v) is 4.08. The number of carbonyl (C=O) groups excluding carboxylic acids is 3. The summed E-state index contributed by atoms with van der Waals surface area (Å²) in [5.74, 6) is 0.0109. The van der Waals surface area contributed by atoms with E-state index in [0.29, 0.717) is 32.5 Å². The highest BCUT2D eigenvalue weighted by Crippen LogP contribution is 2.21. The maximum Gasteiger partial charge on any atom is 0.246 e. The summed E-state index contributed by atoms with van der Waals surface area (Å²) < 4.78 is 0. The van der Waals surface area contributed by atoms with E-state index in [2.05, 4.69) is 0 Å². The van der Waals surface area contributed by atoms with Crippen molar-refractivity contribution in [3.05, 3.63) is 42.0 Å². The molecule has 0 bridgehead atoms. The molecule has 5 heteroatoms. The van der Waals surface area contributed by atoms with E-state index in [4.69, 9.17) is 0 Å². The summed E-state index contributed by atoms with van der Waals surface area (Å²) in [5.41, 5.74) is 0.987. The van der Waals surface area contributed by atoms with Gasteiger partial charge < -0.3 is 4.90 Å². The molecule has 0 atom stereocenters. The molecule has 0 aromatic heterocycles. The first kappa shape index (κ1) is 14.5. The second-order valence-electron chi connectivity index (χ2n) is 5.75. The summed E-state index contributed by atoms with van der Waals surface area (Å²) >= 11 is 0. The van der Waals surface area contributed by atoms with E-state index < -0.39 is 0 Å². The van der Waals surface area contributed by atoms with Crippen molar-refractivity contribution in [3.8, 4) is 0 Å². The van der Waals surface area contributed by atoms with Gasteiger partial charge in [0.2, 0.25) is 17.7 Å². The van der Waals surface area contributed by atoms with Crippen LogP contribution < -0.4 is 0 Å². The minimum Gasteiger partial charge on any atom is -0.338 e. The smallest absolute Gasteiger partial charge is 0.246 e. The molecule has 2 fully saturated rings. The minimum absolute atomic E-state index is 0.0285. The van der Waals surface area contributed by atoms with Crippen LogP contribution in [0.25, 0.3) is 6.08 Å². The Balaban J connectivity index is 1.47. The van der Waals surface area contributed by atoms with E-state index in [-0.39, 0.29) is 23.6 Å². The number of rotatable bonds is 4. The molecule has 0 unspecified atom stereocenters. The topological polar surface area (TPSA) is 57.7 Å². The van der Waals surface area contributed by atoms with Gasteiger partial charge in [-0.2, -0.15) is 0 Å². The molecule has 0 radical (unpaired) electrons. The van der Waals surface area contributed by atoms with Crippen LogP contribution in [0, 0.1) is 5.92 Å². The van der Waals surface area contributed by atoms with Crippen molar-refractivity contribution in [1.82, 2.24) is 9.80 Å². The number of likely N-dealkylation sites (tertiary alicyclic amines) is 2. The third kappa shape index (κ3) is 3.08. The Morgan fingerprint density at radius 1 is 1.09 bits per heavy atom. The summed E-state index contributed by atoms with van der Waals surface area (Å²) in [5, 5.41) is 0. The fourth-order valence-corrected chi connectivity index (χ4v) is 2.79. The highest BCUT2D eigenvalue weighted by molar-refractivity contribution is 6.02. The van der Waals surface area contributed by atoms with Crippen LogP contribution in [0.4, 0.5) is 0 Å². The van der Waals surface area contributed by atoms with Crippen molar-refractivity contribution >= 4 is 23.8 Å². The molecule has 5 nitrogen and oxygen atoms in total. The van der Waals surface area contributed by atoms with Crippen LogP contribution in [0.15, 0.2) is 36.4 Å². The second kappa shape index (κ2) is 6.13. The van der Waals surface area contributed by atoms with E-state index in [1.165, 1.54) is 4.90 Å². The van der Waals surface area contributed by atoms with E-state index >= 15 is 0 Å². The van der Waals surface area contributed by atoms with E-state index in [1.54, 1.807) is 17.1 Å². The molecular formula is C17H18N2O3. The maximum absolute atomic E-state index is 12.0. The number of imide groups is 1. The highest BCUT2D eigenvalue weighted by atomic mass is 16.2. The molecule has 2 saturated heterocycles. The number of nitrogens with zero attached hydrogens (tertiary/aromatic N) is 2. The first-order valence-electron chi connectivity index (χ1n) is 7.49. The Hall–Kier alpha value is -2.43. The van der Waals surface area contributed by atoms with Crippen LogP contribution in [0.2, 0.25) is 0 Å². The van der Waals surface area contributed by atoms with Crippen LogP contribution in [0.1, 0.15) is 18.4 Å². The Kier molecular flexibility index (Phi) is 4.04. The summed E-state index contributed by atoms with van der Waals surface area (Å²) in [6.45, 7) is 1.66. The SMILES string of the molecule is O=C(C=Cc1ccccc1)N1CC(CN2C(=O)CCC2=O)C1. The van der Waals surface area contributed by atoms with Gasteiger partial charge in [-0.3, -0.25) is 19.3 Å². The molecule has 2 aliphatic rings. The lowest BCUT2D eigenvalue weighted by atomic mass is 9.99. The Labute approximate surface area is 129 Å². The predicted octanol–water partition coefficient (Wildman–Crippen LogP) is 1.31. The largest absolute Gasteiger partial charge is 0.338 e. The zero-order valence-electron chi connectivity index (χ0n) is 12.3. The quantitative estimate of drug-likeness (QED) is 0.622. The molecule has 2 aliphatic heterocycles. The molecule has 1 aromatic rings. The minimum atomic E-state index is -0.0845. The van der Waals surface area contributed by atoms with Gasteiger partial charge in [0, 0.05) is 44.5 Å². The van der Waals surface area contributed by atoms with Crippen molar-refractivity contribution < 1.29 is 14.4 Å². The highest BCUT2D eigenvalue weighted by Gasteiger charge is 2.36. The van der Waals surface area contributed by atoms with E-state index in [0.717, 1.165) is 5.56 Å². The lowest BCUT2D eigenvalue weighted by Crippen LogP contribution is -2.54. The molecule has 0 N–H and O–H groups in total. The first-order valence-corrected chi connectivity index (χ1v) is 7.49. The van der Waals surface area contributed by atoms with Crippen molar-refractivity contribution in [2.75, 3.05) is 19.6 Å². The second-order valence-corrected chi connectivity index (χ2v) is 5.75. The number of hydrogen-bond acceptors (Lipinski definition) is 3. The van der Waals surface area contributed by atoms with Crippen LogP contribution >= 0.6 is 0 Å². The summed E-state index contributed by atoms with van der Waals surface area (Å²) in [6, 6.07) is 9.66.